The number of anilines is 1. The largest absolute Gasteiger partial charge is 0.491 e. The Morgan fingerprint density at radius 3 is 2.50 bits per heavy atom. The number of hydrazone groups is 1. The number of nitrogens with zero attached hydrogens (tertiary/aromatic N) is 1. The SMILES string of the molecule is CC(C)(CNc1ccc(C2=NNC(=O)CC2)cc1)NCC(O)COc1ccc(CC(N)=O)cc1. The lowest BCUT2D eigenvalue weighted by Gasteiger charge is -2.28. The molecule has 2 aromatic carbocycles. The standard InChI is InChI=1S/C25H33N5O4/c1-25(2,16-27-19-7-5-18(6-8-19)22-11-12-24(33)30-29-22)28-14-20(31)15-34-21-9-3-17(4-10-21)13-23(26)32/h3-10,20,27-28,31H,11-16H2,1-2H3,(H2,26,32)(H,30,33). The van der Waals surface area contributed by atoms with Crippen LogP contribution in [0.3, 0.4) is 0 Å². The third-order valence-electron chi connectivity index (χ3n) is 5.42. The average Bonchev–Trinajstić information content (AvgIpc) is 2.82. The number of carbonyl (C=O) groups is 2. The fourth-order valence-electron chi connectivity index (χ4n) is 3.40. The Balaban J connectivity index is 1.39. The van der Waals surface area contributed by atoms with Gasteiger partial charge in [0.2, 0.25) is 11.8 Å². The van der Waals surface area contributed by atoms with Gasteiger partial charge in [0.25, 0.3) is 0 Å². The number of aliphatic hydroxyl groups excluding tert-OH is 1. The summed E-state index contributed by atoms with van der Waals surface area (Å²) in [6, 6.07) is 15.0. The van der Waals surface area contributed by atoms with Crippen LogP contribution in [0, 0.1) is 0 Å². The molecule has 1 heterocycles. The summed E-state index contributed by atoms with van der Waals surface area (Å²) >= 11 is 0. The molecule has 0 spiro atoms. The van der Waals surface area contributed by atoms with Crippen molar-refractivity contribution < 1.29 is 19.4 Å². The number of nitrogens with two attached hydrogens (primary N) is 1. The number of ether oxygens (including phenoxy) is 1. The molecule has 2 aromatic rings. The molecule has 0 radical (unpaired) electrons. The molecule has 9 nitrogen and oxygen atoms in total. The van der Waals surface area contributed by atoms with Crippen LogP contribution in [0.5, 0.6) is 5.75 Å². The molecule has 1 unspecified atom stereocenters. The van der Waals surface area contributed by atoms with E-state index in [-0.39, 0.29) is 30.4 Å². The van der Waals surface area contributed by atoms with Crippen LogP contribution in [0.1, 0.15) is 37.8 Å². The van der Waals surface area contributed by atoms with Gasteiger partial charge < -0.3 is 26.2 Å². The van der Waals surface area contributed by atoms with Gasteiger partial charge in [-0.25, -0.2) is 5.43 Å². The van der Waals surface area contributed by atoms with E-state index in [0.717, 1.165) is 22.5 Å². The van der Waals surface area contributed by atoms with Crippen molar-refractivity contribution >= 4 is 23.2 Å². The van der Waals surface area contributed by atoms with Crippen LogP contribution in [0.4, 0.5) is 5.69 Å². The molecule has 0 saturated carbocycles. The van der Waals surface area contributed by atoms with Crippen molar-refractivity contribution in [2.24, 2.45) is 10.8 Å². The molecule has 1 atom stereocenters. The van der Waals surface area contributed by atoms with E-state index >= 15 is 0 Å². The van der Waals surface area contributed by atoms with Crippen LogP contribution in [0.25, 0.3) is 0 Å². The maximum atomic E-state index is 11.2. The molecule has 9 heteroatoms. The highest BCUT2D eigenvalue weighted by Crippen LogP contribution is 2.16. The van der Waals surface area contributed by atoms with Gasteiger partial charge in [-0.3, -0.25) is 9.59 Å². The molecule has 0 aliphatic carbocycles. The first-order valence-corrected chi connectivity index (χ1v) is 11.3. The Kier molecular flexibility index (Phi) is 8.61. The second-order valence-electron chi connectivity index (χ2n) is 9.04. The second-order valence-corrected chi connectivity index (χ2v) is 9.04. The summed E-state index contributed by atoms with van der Waals surface area (Å²) in [6.45, 7) is 5.28. The quantitative estimate of drug-likeness (QED) is 0.321. The van der Waals surface area contributed by atoms with E-state index in [1.807, 2.05) is 24.3 Å². The van der Waals surface area contributed by atoms with Crippen LogP contribution in [0.2, 0.25) is 0 Å². The molecular weight excluding hydrogens is 434 g/mol. The summed E-state index contributed by atoms with van der Waals surface area (Å²) in [6.07, 6.45) is 0.608. The first kappa shape index (κ1) is 25.2. The van der Waals surface area contributed by atoms with Gasteiger partial charge in [-0.15, -0.1) is 0 Å². The minimum absolute atomic E-state index is 0.0517. The van der Waals surface area contributed by atoms with Crippen LogP contribution in [-0.2, 0) is 16.0 Å². The van der Waals surface area contributed by atoms with Crippen molar-refractivity contribution in [1.29, 1.82) is 0 Å². The molecule has 0 bridgehead atoms. The number of carbonyl (C=O) groups excluding carboxylic acids is 2. The van der Waals surface area contributed by atoms with E-state index in [4.69, 9.17) is 10.5 Å². The highest BCUT2D eigenvalue weighted by atomic mass is 16.5. The lowest BCUT2D eigenvalue weighted by molar-refractivity contribution is -0.121. The fraction of sp³-hybridized carbons (Fsp3) is 0.400. The number of benzene rings is 2. The highest BCUT2D eigenvalue weighted by Gasteiger charge is 2.19. The summed E-state index contributed by atoms with van der Waals surface area (Å²) in [7, 11) is 0. The summed E-state index contributed by atoms with van der Waals surface area (Å²) in [4.78, 5) is 22.2. The number of aliphatic hydroxyl groups is 1. The van der Waals surface area contributed by atoms with Crippen molar-refractivity contribution in [3.63, 3.8) is 0 Å². The van der Waals surface area contributed by atoms with Crippen LogP contribution >= 0.6 is 0 Å². The van der Waals surface area contributed by atoms with E-state index < -0.39 is 6.10 Å². The lowest BCUT2D eigenvalue weighted by Crippen LogP contribution is -2.49. The Labute approximate surface area is 199 Å². The zero-order valence-electron chi connectivity index (χ0n) is 19.6. The van der Waals surface area contributed by atoms with Gasteiger partial charge >= 0.3 is 0 Å². The third kappa shape index (κ3) is 8.17. The summed E-state index contributed by atoms with van der Waals surface area (Å²) in [5, 5.41) is 21.2. The maximum Gasteiger partial charge on any atom is 0.240 e. The predicted octanol–water partition coefficient (Wildman–Crippen LogP) is 1.55. The molecule has 0 aromatic heterocycles. The molecule has 182 valence electrons. The van der Waals surface area contributed by atoms with Crippen molar-refractivity contribution in [2.45, 2.75) is 44.8 Å². The van der Waals surface area contributed by atoms with Gasteiger partial charge in [0.1, 0.15) is 18.5 Å². The first-order chi connectivity index (χ1) is 16.2. The molecular formula is C25H33N5O4. The summed E-state index contributed by atoms with van der Waals surface area (Å²) in [5.74, 6) is 0.192. The Bertz CT molecular complexity index is 1000. The molecule has 3 rings (SSSR count). The Morgan fingerprint density at radius 1 is 1.18 bits per heavy atom. The van der Waals surface area contributed by atoms with E-state index in [0.29, 0.717) is 31.7 Å². The zero-order chi connectivity index (χ0) is 24.6. The average molecular weight is 468 g/mol. The van der Waals surface area contributed by atoms with Gasteiger partial charge in [-0.05, 0) is 49.2 Å². The first-order valence-electron chi connectivity index (χ1n) is 11.3. The number of hydrogen-bond acceptors (Lipinski definition) is 7. The number of primary amides is 1. The van der Waals surface area contributed by atoms with E-state index in [2.05, 4.69) is 35.0 Å². The second kappa shape index (κ2) is 11.6. The zero-order valence-corrected chi connectivity index (χ0v) is 19.6. The number of nitrogens with one attached hydrogen (secondary N) is 3. The number of hydrogen-bond donors (Lipinski definition) is 5. The van der Waals surface area contributed by atoms with Gasteiger partial charge in [0.05, 0.1) is 12.1 Å². The van der Waals surface area contributed by atoms with Crippen molar-refractivity contribution in [3.05, 3.63) is 59.7 Å². The molecule has 1 aliphatic heterocycles. The molecule has 0 saturated heterocycles. The smallest absolute Gasteiger partial charge is 0.240 e. The van der Waals surface area contributed by atoms with Crippen LogP contribution in [-0.4, -0.2) is 54.0 Å². The van der Waals surface area contributed by atoms with E-state index in [1.165, 1.54) is 0 Å². The van der Waals surface area contributed by atoms with Gasteiger partial charge in [-0.1, -0.05) is 24.3 Å². The predicted molar refractivity (Wildman–Crippen MR) is 132 cm³/mol. The number of amides is 2. The van der Waals surface area contributed by atoms with Gasteiger partial charge in [0.15, 0.2) is 0 Å². The number of rotatable bonds is 12. The molecule has 6 N–H and O–H groups in total. The Hall–Kier alpha value is -3.43. The lowest BCUT2D eigenvalue weighted by atomic mass is 10.0. The van der Waals surface area contributed by atoms with E-state index in [9.17, 15) is 14.7 Å². The van der Waals surface area contributed by atoms with Gasteiger partial charge in [-0.2, -0.15) is 5.10 Å². The van der Waals surface area contributed by atoms with Crippen LogP contribution < -0.4 is 26.5 Å². The van der Waals surface area contributed by atoms with Crippen molar-refractivity contribution in [2.75, 3.05) is 25.0 Å². The van der Waals surface area contributed by atoms with Crippen molar-refractivity contribution in [3.8, 4) is 5.75 Å². The molecule has 1 aliphatic rings. The fourth-order valence-corrected chi connectivity index (χ4v) is 3.40. The number of β-amino-alcohol motifs (C(OH)–C–C–N with tert-alkyl or cyclic N) is 1. The Morgan fingerprint density at radius 2 is 1.88 bits per heavy atom. The third-order valence-corrected chi connectivity index (χ3v) is 5.42. The molecule has 2 amide bonds. The minimum Gasteiger partial charge on any atom is -0.491 e. The monoisotopic (exact) mass is 467 g/mol. The van der Waals surface area contributed by atoms with Gasteiger partial charge in [0, 0.05) is 37.2 Å². The minimum atomic E-state index is -0.680. The van der Waals surface area contributed by atoms with Crippen molar-refractivity contribution in [1.82, 2.24) is 10.7 Å². The normalized spacial score (nSPS) is 14.7. The van der Waals surface area contributed by atoms with Crippen LogP contribution in [0.15, 0.2) is 53.6 Å². The molecule has 34 heavy (non-hydrogen) atoms. The molecule has 0 fully saturated rings. The topological polar surface area (TPSA) is 138 Å². The van der Waals surface area contributed by atoms with E-state index in [1.54, 1.807) is 24.3 Å². The summed E-state index contributed by atoms with van der Waals surface area (Å²) in [5.41, 5.74) is 11.1. The summed E-state index contributed by atoms with van der Waals surface area (Å²) < 4.78 is 5.63. The maximum absolute atomic E-state index is 11.2. The highest BCUT2D eigenvalue weighted by molar-refractivity contribution is 6.04.